The van der Waals surface area contributed by atoms with Gasteiger partial charge in [-0.2, -0.15) is 0 Å². The number of nitrogens with one attached hydrogen (secondary N) is 2. The maximum Gasteiger partial charge on any atom is 0.152 e. The lowest BCUT2D eigenvalue weighted by molar-refractivity contribution is -0.118. The number of hydrogen-bond donors (Lipinski definition) is 2. The summed E-state index contributed by atoms with van der Waals surface area (Å²) in [6, 6.07) is 19.4. The molecule has 0 radical (unpaired) electrons. The second kappa shape index (κ2) is 9.73. The van der Waals surface area contributed by atoms with Gasteiger partial charge in [-0.1, -0.05) is 24.3 Å². The average Bonchev–Trinajstić information content (AvgIpc) is 3.33. The van der Waals surface area contributed by atoms with E-state index in [2.05, 4.69) is 25.2 Å². The van der Waals surface area contributed by atoms with Gasteiger partial charge in [0.25, 0.3) is 0 Å². The standard InChI is InChI=1S/C26H27N5O2/c32-21(16-28-20-7-4-10-23(15-20)33-22-8-2-1-3-9-22)14-19-6-5-13-31(17-19)26-24-11-12-27-25(24)29-18-30-26/h1-4,7-12,15,18-19,28H,5-6,13-14,16-17H2,(H,27,29,30). The maximum absolute atomic E-state index is 12.7. The van der Waals surface area contributed by atoms with E-state index in [4.69, 9.17) is 4.74 Å². The summed E-state index contributed by atoms with van der Waals surface area (Å²) in [4.78, 5) is 27.0. The number of piperidine rings is 1. The molecule has 1 aliphatic rings. The van der Waals surface area contributed by atoms with Gasteiger partial charge in [0.05, 0.1) is 11.9 Å². The van der Waals surface area contributed by atoms with Crippen LogP contribution in [0.4, 0.5) is 11.5 Å². The minimum absolute atomic E-state index is 0.214. The van der Waals surface area contributed by atoms with Crippen molar-refractivity contribution in [3.63, 3.8) is 0 Å². The quantitative estimate of drug-likeness (QED) is 0.399. The van der Waals surface area contributed by atoms with Crippen LogP contribution in [0.1, 0.15) is 19.3 Å². The molecule has 2 aromatic carbocycles. The van der Waals surface area contributed by atoms with Crippen LogP contribution in [0.3, 0.4) is 0 Å². The summed E-state index contributed by atoms with van der Waals surface area (Å²) in [6.07, 6.45) is 6.16. The second-order valence-corrected chi connectivity index (χ2v) is 8.43. The monoisotopic (exact) mass is 441 g/mol. The van der Waals surface area contributed by atoms with E-state index in [0.29, 0.717) is 18.9 Å². The number of H-pyrrole nitrogens is 1. The number of para-hydroxylation sites is 1. The Kier molecular flexibility index (Phi) is 6.19. The summed E-state index contributed by atoms with van der Waals surface area (Å²) < 4.78 is 5.88. The third-order valence-corrected chi connectivity index (χ3v) is 5.97. The number of anilines is 2. The van der Waals surface area contributed by atoms with Crippen molar-refractivity contribution in [2.45, 2.75) is 19.3 Å². The van der Waals surface area contributed by atoms with Gasteiger partial charge in [-0.05, 0) is 49.1 Å². The summed E-state index contributed by atoms with van der Waals surface area (Å²) in [6.45, 7) is 2.10. The fourth-order valence-corrected chi connectivity index (χ4v) is 4.42. The predicted octanol–water partition coefficient (Wildman–Crippen LogP) is 5.04. The van der Waals surface area contributed by atoms with Gasteiger partial charge in [0.2, 0.25) is 0 Å². The molecule has 7 nitrogen and oxygen atoms in total. The van der Waals surface area contributed by atoms with Gasteiger partial charge in [-0.15, -0.1) is 0 Å². The highest BCUT2D eigenvalue weighted by molar-refractivity contribution is 5.87. The topological polar surface area (TPSA) is 83.1 Å². The fourth-order valence-electron chi connectivity index (χ4n) is 4.42. The van der Waals surface area contributed by atoms with Crippen LogP contribution in [0.2, 0.25) is 0 Å². The van der Waals surface area contributed by atoms with Crippen molar-refractivity contribution in [2.75, 3.05) is 29.9 Å². The van der Waals surface area contributed by atoms with Crippen molar-refractivity contribution in [3.8, 4) is 11.5 Å². The number of hydrogen-bond acceptors (Lipinski definition) is 6. The van der Waals surface area contributed by atoms with E-state index < -0.39 is 0 Å². The number of aromatic nitrogens is 3. The Bertz CT molecular complexity index is 1220. The molecule has 0 saturated carbocycles. The third kappa shape index (κ3) is 5.14. The molecule has 0 amide bonds. The second-order valence-electron chi connectivity index (χ2n) is 8.43. The van der Waals surface area contributed by atoms with Crippen molar-refractivity contribution in [2.24, 2.45) is 5.92 Å². The van der Waals surface area contributed by atoms with Gasteiger partial charge < -0.3 is 19.9 Å². The Hall–Kier alpha value is -3.87. The van der Waals surface area contributed by atoms with Gasteiger partial charge in [0.1, 0.15) is 29.3 Å². The van der Waals surface area contributed by atoms with Crippen LogP contribution in [0.5, 0.6) is 11.5 Å². The summed E-state index contributed by atoms with van der Waals surface area (Å²) in [7, 11) is 0. The SMILES string of the molecule is O=C(CNc1cccc(Oc2ccccc2)c1)CC1CCCN(c2ncnc3[nH]ccc23)C1. The van der Waals surface area contributed by atoms with E-state index in [1.54, 1.807) is 6.33 Å². The van der Waals surface area contributed by atoms with Gasteiger partial charge >= 0.3 is 0 Å². The molecule has 1 aliphatic heterocycles. The van der Waals surface area contributed by atoms with E-state index in [1.165, 1.54) is 0 Å². The van der Waals surface area contributed by atoms with Crippen LogP contribution in [0, 0.1) is 5.92 Å². The van der Waals surface area contributed by atoms with Crippen LogP contribution in [0.15, 0.2) is 73.2 Å². The number of ether oxygens (including phenoxy) is 1. The average molecular weight is 442 g/mol. The Labute approximate surface area is 192 Å². The number of benzene rings is 2. The molecule has 1 unspecified atom stereocenters. The number of carbonyl (C=O) groups is 1. The molecular formula is C26H27N5O2. The fraction of sp³-hybridized carbons (Fsp3) is 0.269. The Morgan fingerprint density at radius 2 is 1.97 bits per heavy atom. The number of ketones is 1. The normalized spacial score (nSPS) is 16.0. The molecule has 2 N–H and O–H groups in total. The first-order valence-corrected chi connectivity index (χ1v) is 11.4. The van der Waals surface area contributed by atoms with Crippen LogP contribution >= 0.6 is 0 Å². The number of fused-ring (bicyclic) bond motifs is 1. The molecule has 0 bridgehead atoms. The van der Waals surface area contributed by atoms with Crippen LogP contribution in [-0.2, 0) is 4.79 Å². The third-order valence-electron chi connectivity index (χ3n) is 5.97. The molecule has 7 heteroatoms. The van der Waals surface area contributed by atoms with Gasteiger partial charge in [-0.3, -0.25) is 4.79 Å². The van der Waals surface area contributed by atoms with E-state index in [-0.39, 0.29) is 5.78 Å². The molecule has 168 valence electrons. The molecule has 5 rings (SSSR count). The number of aromatic amines is 1. The largest absolute Gasteiger partial charge is 0.457 e. The first-order chi connectivity index (χ1) is 16.2. The predicted molar refractivity (Wildman–Crippen MR) is 130 cm³/mol. The van der Waals surface area contributed by atoms with Crippen LogP contribution in [-0.4, -0.2) is 40.4 Å². The first-order valence-electron chi connectivity index (χ1n) is 11.4. The van der Waals surface area contributed by atoms with E-state index in [0.717, 1.165) is 60.0 Å². The number of nitrogens with zero attached hydrogens (tertiary/aromatic N) is 3. The van der Waals surface area contributed by atoms with Crippen molar-refractivity contribution < 1.29 is 9.53 Å². The van der Waals surface area contributed by atoms with Crippen LogP contribution < -0.4 is 15.0 Å². The highest BCUT2D eigenvalue weighted by atomic mass is 16.5. The molecule has 33 heavy (non-hydrogen) atoms. The minimum atomic E-state index is 0.214. The number of carbonyl (C=O) groups excluding carboxylic acids is 1. The molecule has 4 aromatic rings. The summed E-state index contributed by atoms with van der Waals surface area (Å²) in [5.41, 5.74) is 1.72. The van der Waals surface area contributed by atoms with Gasteiger partial charge in [0, 0.05) is 37.5 Å². The zero-order chi connectivity index (χ0) is 22.5. The smallest absolute Gasteiger partial charge is 0.152 e. The number of rotatable bonds is 8. The maximum atomic E-state index is 12.7. The lowest BCUT2D eigenvalue weighted by Gasteiger charge is -2.33. The first kappa shape index (κ1) is 21.0. The van der Waals surface area contributed by atoms with Crippen molar-refractivity contribution in [3.05, 3.63) is 73.2 Å². The summed E-state index contributed by atoms with van der Waals surface area (Å²) in [5, 5.41) is 4.29. The lowest BCUT2D eigenvalue weighted by atomic mass is 9.92. The zero-order valence-electron chi connectivity index (χ0n) is 18.4. The van der Waals surface area contributed by atoms with Crippen molar-refractivity contribution in [1.29, 1.82) is 0 Å². The van der Waals surface area contributed by atoms with Crippen molar-refractivity contribution in [1.82, 2.24) is 15.0 Å². The molecule has 0 spiro atoms. The highest BCUT2D eigenvalue weighted by Gasteiger charge is 2.24. The van der Waals surface area contributed by atoms with E-state index in [9.17, 15) is 4.79 Å². The summed E-state index contributed by atoms with van der Waals surface area (Å²) >= 11 is 0. The molecule has 1 atom stereocenters. The summed E-state index contributed by atoms with van der Waals surface area (Å²) in [5.74, 6) is 3.01. The van der Waals surface area contributed by atoms with E-state index in [1.807, 2.05) is 66.9 Å². The molecule has 0 aliphatic carbocycles. The molecule has 2 aromatic heterocycles. The van der Waals surface area contributed by atoms with Crippen LogP contribution in [0.25, 0.3) is 11.0 Å². The highest BCUT2D eigenvalue weighted by Crippen LogP contribution is 2.28. The molecule has 1 saturated heterocycles. The Balaban J connectivity index is 1.15. The minimum Gasteiger partial charge on any atom is -0.457 e. The molecule has 3 heterocycles. The zero-order valence-corrected chi connectivity index (χ0v) is 18.4. The molecule has 1 fully saturated rings. The van der Waals surface area contributed by atoms with Gasteiger partial charge in [0.15, 0.2) is 5.78 Å². The van der Waals surface area contributed by atoms with Crippen molar-refractivity contribution >= 4 is 28.3 Å². The molecular weight excluding hydrogens is 414 g/mol. The lowest BCUT2D eigenvalue weighted by Crippen LogP contribution is -2.37. The van der Waals surface area contributed by atoms with Gasteiger partial charge in [-0.25, -0.2) is 9.97 Å². The van der Waals surface area contributed by atoms with E-state index >= 15 is 0 Å². The number of Topliss-reactive ketones (excluding diaryl/α,β-unsaturated/α-hetero) is 1. The Morgan fingerprint density at radius 3 is 2.88 bits per heavy atom. The Morgan fingerprint density at radius 1 is 1.09 bits per heavy atom.